The molecule has 0 atom stereocenters. The number of fused-ring (bicyclic) bond motifs is 2. The minimum Gasteiger partial charge on any atom is -0.381 e. The van der Waals surface area contributed by atoms with Crippen LogP contribution < -0.4 is 5.32 Å². The number of hydrogen-bond acceptors (Lipinski definition) is 6. The average molecular weight is 428 g/mol. The van der Waals surface area contributed by atoms with E-state index in [9.17, 15) is 4.79 Å². The van der Waals surface area contributed by atoms with Crippen molar-refractivity contribution in [3.05, 3.63) is 48.0 Å². The molecule has 0 bridgehead atoms. The van der Waals surface area contributed by atoms with Gasteiger partial charge in [-0.05, 0) is 56.2 Å². The molecular weight excluding hydrogens is 404 g/mol. The van der Waals surface area contributed by atoms with Crippen LogP contribution in [0, 0.1) is 12.8 Å². The molecule has 1 saturated carbocycles. The van der Waals surface area contributed by atoms with Gasteiger partial charge in [-0.1, -0.05) is 6.07 Å². The number of ether oxygens (including phenoxy) is 1. The van der Waals surface area contributed by atoms with E-state index >= 15 is 0 Å². The molecule has 4 aromatic heterocycles. The molecule has 5 heterocycles. The van der Waals surface area contributed by atoms with E-state index in [0.717, 1.165) is 66.6 Å². The number of nitrogens with one attached hydrogen (secondary N) is 1. The highest BCUT2D eigenvalue weighted by Crippen LogP contribution is 2.32. The van der Waals surface area contributed by atoms with E-state index in [1.54, 1.807) is 12.4 Å². The lowest BCUT2D eigenvalue weighted by Gasteiger charge is -2.22. The van der Waals surface area contributed by atoms with Crippen molar-refractivity contribution < 1.29 is 9.53 Å². The molecule has 1 saturated heterocycles. The van der Waals surface area contributed by atoms with Crippen LogP contribution in [0.25, 0.3) is 27.8 Å². The van der Waals surface area contributed by atoms with Gasteiger partial charge in [0.2, 0.25) is 5.91 Å². The molecule has 2 aliphatic rings. The Morgan fingerprint density at radius 1 is 1.09 bits per heavy atom. The van der Waals surface area contributed by atoms with Gasteiger partial charge in [-0.3, -0.25) is 9.78 Å². The number of pyridine rings is 3. The Balaban J connectivity index is 1.40. The summed E-state index contributed by atoms with van der Waals surface area (Å²) in [4.78, 5) is 25.9. The molecule has 0 aromatic carbocycles. The maximum absolute atomic E-state index is 12.2. The first-order chi connectivity index (χ1) is 15.7. The third-order valence-electron chi connectivity index (χ3n) is 6.46. The normalized spacial score (nSPS) is 17.2. The lowest BCUT2D eigenvalue weighted by Crippen LogP contribution is -2.14. The zero-order chi connectivity index (χ0) is 21.7. The summed E-state index contributed by atoms with van der Waals surface area (Å²) in [5.74, 6) is 1.81. The van der Waals surface area contributed by atoms with Crippen molar-refractivity contribution in [3.63, 3.8) is 0 Å². The molecular formula is C24H24N6O2. The number of carbonyl (C=O) groups is 1. The van der Waals surface area contributed by atoms with Crippen LogP contribution in [-0.4, -0.2) is 43.7 Å². The molecule has 162 valence electrons. The van der Waals surface area contributed by atoms with Gasteiger partial charge in [0, 0.05) is 59.8 Å². The Hall–Kier alpha value is -3.39. The standard InChI is InChI=1S/C24H24N6O2/c1-14-19-11-26-21(27-24(31)16-2-3-16)10-18(19)20(12-25-14)23-28-22-5-4-17(13-30(22)29-23)15-6-8-32-9-7-15/h4-5,10-13,15-16H,2-3,6-9H2,1H3,(H,26,27,31). The molecule has 0 spiro atoms. The summed E-state index contributed by atoms with van der Waals surface area (Å²) < 4.78 is 7.35. The number of amides is 1. The monoisotopic (exact) mass is 428 g/mol. The molecule has 8 nitrogen and oxygen atoms in total. The van der Waals surface area contributed by atoms with E-state index in [2.05, 4.69) is 27.5 Å². The number of aromatic nitrogens is 5. The second-order valence-electron chi connectivity index (χ2n) is 8.72. The van der Waals surface area contributed by atoms with Crippen molar-refractivity contribution in [2.75, 3.05) is 18.5 Å². The predicted octanol–water partition coefficient (Wildman–Crippen LogP) is 3.89. The number of aryl methyl sites for hydroxylation is 1. The maximum atomic E-state index is 12.2. The molecule has 2 fully saturated rings. The minimum atomic E-state index is 0.0377. The van der Waals surface area contributed by atoms with Crippen LogP contribution in [-0.2, 0) is 9.53 Å². The quantitative estimate of drug-likeness (QED) is 0.530. The van der Waals surface area contributed by atoms with Gasteiger partial charge in [-0.25, -0.2) is 14.5 Å². The van der Waals surface area contributed by atoms with E-state index in [4.69, 9.17) is 14.8 Å². The first-order valence-corrected chi connectivity index (χ1v) is 11.2. The van der Waals surface area contributed by atoms with Crippen LogP contribution in [0.2, 0.25) is 0 Å². The van der Waals surface area contributed by atoms with Crippen LogP contribution in [0.15, 0.2) is 36.8 Å². The maximum Gasteiger partial charge on any atom is 0.228 e. The molecule has 1 N–H and O–H groups in total. The third kappa shape index (κ3) is 3.50. The summed E-state index contributed by atoms with van der Waals surface area (Å²) in [7, 11) is 0. The number of nitrogens with zero attached hydrogens (tertiary/aromatic N) is 5. The average Bonchev–Trinajstić information content (AvgIpc) is 3.59. The van der Waals surface area contributed by atoms with E-state index < -0.39 is 0 Å². The summed E-state index contributed by atoms with van der Waals surface area (Å²) in [6.45, 7) is 3.56. The van der Waals surface area contributed by atoms with Gasteiger partial charge in [-0.15, -0.1) is 5.10 Å². The van der Waals surface area contributed by atoms with Gasteiger partial charge in [0.05, 0.1) is 0 Å². The van der Waals surface area contributed by atoms with Gasteiger partial charge >= 0.3 is 0 Å². The number of rotatable bonds is 4. The zero-order valence-corrected chi connectivity index (χ0v) is 17.9. The van der Waals surface area contributed by atoms with Gasteiger partial charge in [0.15, 0.2) is 11.5 Å². The molecule has 6 rings (SSSR count). The Labute approximate surface area is 185 Å². The number of hydrogen-bond donors (Lipinski definition) is 1. The fraction of sp³-hybridized carbons (Fsp3) is 0.375. The van der Waals surface area contributed by atoms with Crippen molar-refractivity contribution >= 4 is 28.1 Å². The van der Waals surface area contributed by atoms with E-state index in [1.165, 1.54) is 5.56 Å². The number of carbonyl (C=O) groups excluding carboxylic acids is 1. The predicted molar refractivity (Wildman–Crippen MR) is 120 cm³/mol. The second kappa shape index (κ2) is 7.63. The summed E-state index contributed by atoms with van der Waals surface area (Å²) in [6, 6.07) is 6.07. The van der Waals surface area contributed by atoms with Gasteiger partial charge in [-0.2, -0.15) is 0 Å². The SMILES string of the molecule is Cc1ncc(-c2nc3ccc(C4CCOCC4)cn3n2)c2cc(NC(=O)C3CC3)ncc12. The fourth-order valence-corrected chi connectivity index (χ4v) is 4.37. The second-order valence-corrected chi connectivity index (χ2v) is 8.72. The van der Waals surface area contributed by atoms with Crippen molar-refractivity contribution in [1.82, 2.24) is 24.6 Å². The molecule has 1 aliphatic carbocycles. The van der Waals surface area contributed by atoms with E-state index in [1.807, 2.05) is 23.6 Å². The largest absolute Gasteiger partial charge is 0.381 e. The molecule has 32 heavy (non-hydrogen) atoms. The molecule has 4 aromatic rings. The number of anilines is 1. The Bertz CT molecular complexity index is 1340. The topological polar surface area (TPSA) is 94.3 Å². The van der Waals surface area contributed by atoms with Gasteiger partial charge in [0.1, 0.15) is 5.82 Å². The van der Waals surface area contributed by atoms with Crippen LogP contribution in [0.1, 0.15) is 42.9 Å². The van der Waals surface area contributed by atoms with Crippen molar-refractivity contribution in [1.29, 1.82) is 0 Å². The zero-order valence-electron chi connectivity index (χ0n) is 17.9. The van der Waals surface area contributed by atoms with Gasteiger partial charge in [0.25, 0.3) is 0 Å². The van der Waals surface area contributed by atoms with Crippen molar-refractivity contribution in [3.8, 4) is 11.4 Å². The molecule has 1 amide bonds. The minimum absolute atomic E-state index is 0.0377. The smallest absolute Gasteiger partial charge is 0.228 e. The van der Waals surface area contributed by atoms with Crippen LogP contribution in [0.4, 0.5) is 5.82 Å². The summed E-state index contributed by atoms with van der Waals surface area (Å²) >= 11 is 0. The van der Waals surface area contributed by atoms with E-state index in [0.29, 0.717) is 17.6 Å². The van der Waals surface area contributed by atoms with Crippen molar-refractivity contribution in [2.45, 2.75) is 38.5 Å². The highest BCUT2D eigenvalue weighted by atomic mass is 16.5. The third-order valence-corrected chi connectivity index (χ3v) is 6.46. The fourth-order valence-electron chi connectivity index (χ4n) is 4.37. The highest BCUT2D eigenvalue weighted by molar-refractivity contribution is 5.99. The van der Waals surface area contributed by atoms with Crippen LogP contribution in [0.3, 0.4) is 0 Å². The summed E-state index contributed by atoms with van der Waals surface area (Å²) in [6.07, 6.45) is 9.61. The Morgan fingerprint density at radius 3 is 2.75 bits per heavy atom. The first-order valence-electron chi connectivity index (χ1n) is 11.2. The molecule has 0 unspecified atom stereocenters. The molecule has 8 heteroatoms. The lowest BCUT2D eigenvalue weighted by atomic mass is 9.93. The molecule has 0 radical (unpaired) electrons. The van der Waals surface area contributed by atoms with Crippen molar-refractivity contribution in [2.24, 2.45) is 5.92 Å². The van der Waals surface area contributed by atoms with Gasteiger partial charge < -0.3 is 10.1 Å². The van der Waals surface area contributed by atoms with Crippen LogP contribution >= 0.6 is 0 Å². The lowest BCUT2D eigenvalue weighted by molar-refractivity contribution is -0.117. The highest BCUT2D eigenvalue weighted by Gasteiger charge is 2.30. The Morgan fingerprint density at radius 2 is 1.94 bits per heavy atom. The van der Waals surface area contributed by atoms with E-state index in [-0.39, 0.29) is 11.8 Å². The summed E-state index contributed by atoms with van der Waals surface area (Å²) in [5.41, 5.74) is 3.76. The molecule has 1 aliphatic heterocycles. The van der Waals surface area contributed by atoms with Crippen LogP contribution in [0.5, 0.6) is 0 Å². The first kappa shape index (κ1) is 19.3. The Kier molecular flexibility index (Phi) is 4.61. The summed E-state index contributed by atoms with van der Waals surface area (Å²) in [5, 5.41) is 9.57.